The van der Waals surface area contributed by atoms with Crippen LogP contribution < -0.4 is 5.73 Å². The summed E-state index contributed by atoms with van der Waals surface area (Å²) in [4.78, 5) is 1.89. The lowest BCUT2D eigenvalue weighted by atomic mass is 10.1. The van der Waals surface area contributed by atoms with Gasteiger partial charge in [-0.05, 0) is 13.1 Å². The van der Waals surface area contributed by atoms with Crippen molar-refractivity contribution in [2.24, 2.45) is 0 Å². The summed E-state index contributed by atoms with van der Waals surface area (Å²) in [6.07, 6.45) is 0.445. The van der Waals surface area contributed by atoms with E-state index in [4.69, 9.17) is 11.0 Å². The number of nitrogens with zero attached hydrogens (tertiary/aromatic N) is 2. The Hall–Kier alpha value is -1.60. The molecule has 1 aromatic rings. The molecule has 0 aromatic heterocycles. The summed E-state index contributed by atoms with van der Waals surface area (Å²) in [6, 6.07) is 7.02. The monoisotopic (exact) mass is 207 g/mol. The number of anilines is 1. The molecule has 4 heteroatoms. The molecule has 0 spiro atoms. The van der Waals surface area contributed by atoms with Crippen molar-refractivity contribution in [1.82, 2.24) is 4.90 Å². The molecule has 0 aliphatic rings. The average Bonchev–Trinajstić information content (AvgIpc) is 2.22. The van der Waals surface area contributed by atoms with Crippen LogP contribution in [0.3, 0.4) is 0 Å². The number of hydrogen-bond donors (Lipinski definition) is 1. The topological polar surface area (TPSA) is 53.0 Å². The van der Waals surface area contributed by atoms with Gasteiger partial charge in [-0.2, -0.15) is 5.26 Å². The Morgan fingerprint density at radius 1 is 1.53 bits per heavy atom. The lowest BCUT2D eigenvalue weighted by Gasteiger charge is -2.15. The first-order chi connectivity index (χ1) is 7.15. The third-order valence-corrected chi connectivity index (χ3v) is 2.15. The van der Waals surface area contributed by atoms with Gasteiger partial charge in [0.25, 0.3) is 0 Å². The molecule has 0 heterocycles. The third-order valence-electron chi connectivity index (χ3n) is 2.15. The van der Waals surface area contributed by atoms with Crippen molar-refractivity contribution in [3.8, 4) is 6.07 Å². The second-order valence-electron chi connectivity index (χ2n) is 3.47. The van der Waals surface area contributed by atoms with Crippen LogP contribution in [-0.2, 0) is 6.54 Å². The van der Waals surface area contributed by atoms with Crippen molar-refractivity contribution in [3.05, 3.63) is 29.6 Å². The summed E-state index contributed by atoms with van der Waals surface area (Å²) in [6.45, 7) is 1.10. The molecule has 0 saturated heterocycles. The molecule has 0 aliphatic carbocycles. The van der Waals surface area contributed by atoms with Gasteiger partial charge in [-0.15, -0.1) is 0 Å². The zero-order chi connectivity index (χ0) is 11.3. The van der Waals surface area contributed by atoms with Crippen molar-refractivity contribution < 1.29 is 4.39 Å². The van der Waals surface area contributed by atoms with Gasteiger partial charge in [0.15, 0.2) is 5.82 Å². The Morgan fingerprint density at radius 3 is 2.93 bits per heavy atom. The van der Waals surface area contributed by atoms with E-state index >= 15 is 0 Å². The minimum atomic E-state index is -0.360. The van der Waals surface area contributed by atoms with Crippen molar-refractivity contribution >= 4 is 5.69 Å². The molecule has 1 rings (SSSR count). The van der Waals surface area contributed by atoms with Gasteiger partial charge in [0.2, 0.25) is 0 Å². The molecule has 3 nitrogen and oxygen atoms in total. The SMILES string of the molecule is CN(CCC#N)Cc1cccc(N)c1F. The highest BCUT2D eigenvalue weighted by molar-refractivity contribution is 5.42. The van der Waals surface area contributed by atoms with E-state index in [1.54, 1.807) is 12.1 Å². The van der Waals surface area contributed by atoms with Crippen molar-refractivity contribution in [2.75, 3.05) is 19.3 Å². The first-order valence-electron chi connectivity index (χ1n) is 4.73. The Balaban J connectivity index is 2.65. The van der Waals surface area contributed by atoms with Crippen molar-refractivity contribution in [2.45, 2.75) is 13.0 Å². The molecule has 0 bridgehead atoms. The summed E-state index contributed by atoms with van der Waals surface area (Å²) < 4.78 is 13.5. The molecule has 0 aliphatic heterocycles. The zero-order valence-electron chi connectivity index (χ0n) is 8.70. The predicted molar refractivity (Wildman–Crippen MR) is 57.4 cm³/mol. The number of nitrogens with two attached hydrogens (primary N) is 1. The molecule has 15 heavy (non-hydrogen) atoms. The highest BCUT2D eigenvalue weighted by atomic mass is 19.1. The largest absolute Gasteiger partial charge is 0.396 e. The van der Waals surface area contributed by atoms with Crippen molar-refractivity contribution in [3.63, 3.8) is 0 Å². The molecule has 0 amide bonds. The molecule has 0 unspecified atom stereocenters. The normalized spacial score (nSPS) is 10.3. The van der Waals surface area contributed by atoms with E-state index < -0.39 is 0 Å². The Bertz CT molecular complexity index is 371. The van der Waals surface area contributed by atoms with E-state index in [0.29, 0.717) is 25.1 Å². The van der Waals surface area contributed by atoms with Crippen LogP contribution in [0.25, 0.3) is 0 Å². The molecule has 80 valence electrons. The van der Waals surface area contributed by atoms with Crippen LogP contribution >= 0.6 is 0 Å². The molecule has 2 N–H and O–H groups in total. The summed E-state index contributed by atoms with van der Waals surface area (Å²) >= 11 is 0. The van der Waals surface area contributed by atoms with Gasteiger partial charge in [0.05, 0.1) is 11.8 Å². The Kier molecular flexibility index (Phi) is 4.07. The van der Waals surface area contributed by atoms with Crippen LogP contribution in [0, 0.1) is 17.1 Å². The predicted octanol–water partition coefficient (Wildman–Crippen LogP) is 1.75. The number of benzene rings is 1. The maximum atomic E-state index is 13.5. The molecule has 0 fully saturated rings. The second kappa shape index (κ2) is 5.32. The van der Waals surface area contributed by atoms with Crippen LogP contribution in [0.4, 0.5) is 10.1 Å². The van der Waals surface area contributed by atoms with Crippen LogP contribution in [-0.4, -0.2) is 18.5 Å². The fourth-order valence-electron chi connectivity index (χ4n) is 1.33. The minimum absolute atomic E-state index is 0.168. The minimum Gasteiger partial charge on any atom is -0.396 e. The Morgan fingerprint density at radius 2 is 2.27 bits per heavy atom. The molecular weight excluding hydrogens is 193 g/mol. The lowest BCUT2D eigenvalue weighted by Crippen LogP contribution is -2.19. The first kappa shape index (κ1) is 11.5. The van der Waals surface area contributed by atoms with E-state index in [2.05, 4.69) is 6.07 Å². The highest BCUT2D eigenvalue weighted by Gasteiger charge is 2.07. The molecule has 0 saturated carbocycles. The van der Waals surface area contributed by atoms with Crippen LogP contribution in [0.5, 0.6) is 0 Å². The lowest BCUT2D eigenvalue weighted by molar-refractivity contribution is 0.329. The van der Waals surface area contributed by atoms with Crippen LogP contribution in [0.2, 0.25) is 0 Å². The van der Waals surface area contributed by atoms with Gasteiger partial charge >= 0.3 is 0 Å². The number of nitriles is 1. The standard InChI is InChI=1S/C11H14FN3/c1-15(7-3-6-13)8-9-4-2-5-10(14)11(9)12/h2,4-5H,3,7-8,14H2,1H3. The second-order valence-corrected chi connectivity index (χ2v) is 3.47. The fourth-order valence-corrected chi connectivity index (χ4v) is 1.33. The van der Waals surface area contributed by atoms with Gasteiger partial charge in [-0.3, -0.25) is 0 Å². The number of rotatable bonds is 4. The fraction of sp³-hybridized carbons (Fsp3) is 0.364. The van der Waals surface area contributed by atoms with E-state index in [9.17, 15) is 4.39 Å². The third kappa shape index (κ3) is 3.22. The summed E-state index contributed by atoms with van der Waals surface area (Å²) in [7, 11) is 1.85. The van der Waals surface area contributed by atoms with Gasteiger partial charge in [0, 0.05) is 25.1 Å². The van der Waals surface area contributed by atoms with Crippen molar-refractivity contribution in [1.29, 1.82) is 5.26 Å². The maximum absolute atomic E-state index is 13.5. The van der Waals surface area contributed by atoms with E-state index in [1.165, 1.54) is 6.07 Å². The highest BCUT2D eigenvalue weighted by Crippen LogP contribution is 2.15. The summed E-state index contributed by atoms with van der Waals surface area (Å²) in [5.74, 6) is -0.360. The summed E-state index contributed by atoms with van der Waals surface area (Å²) in [5, 5.41) is 8.41. The van der Waals surface area contributed by atoms with Gasteiger partial charge in [-0.25, -0.2) is 4.39 Å². The summed E-state index contributed by atoms with van der Waals surface area (Å²) in [5.41, 5.74) is 6.18. The average molecular weight is 207 g/mol. The maximum Gasteiger partial charge on any atom is 0.150 e. The van der Waals surface area contributed by atoms with E-state index in [-0.39, 0.29) is 11.5 Å². The van der Waals surface area contributed by atoms with Crippen LogP contribution in [0.1, 0.15) is 12.0 Å². The van der Waals surface area contributed by atoms with Gasteiger partial charge < -0.3 is 10.6 Å². The number of nitrogen functional groups attached to an aromatic ring is 1. The van der Waals surface area contributed by atoms with E-state index in [1.807, 2.05) is 11.9 Å². The van der Waals surface area contributed by atoms with Gasteiger partial charge in [-0.1, -0.05) is 12.1 Å². The smallest absolute Gasteiger partial charge is 0.150 e. The quantitative estimate of drug-likeness (QED) is 0.765. The van der Waals surface area contributed by atoms with Crippen LogP contribution in [0.15, 0.2) is 18.2 Å². The molecule has 0 radical (unpaired) electrons. The molecular formula is C11H14FN3. The number of hydrogen-bond acceptors (Lipinski definition) is 3. The molecule has 1 aromatic carbocycles. The van der Waals surface area contributed by atoms with Gasteiger partial charge in [0.1, 0.15) is 0 Å². The number of halogens is 1. The molecule has 0 atom stereocenters. The zero-order valence-corrected chi connectivity index (χ0v) is 8.70. The van der Waals surface area contributed by atoms with E-state index in [0.717, 1.165) is 0 Å². The Labute approximate surface area is 88.9 Å². The first-order valence-corrected chi connectivity index (χ1v) is 4.73.